The topological polar surface area (TPSA) is 12.0 Å². The number of benzene rings is 2. The zero-order valence-corrected chi connectivity index (χ0v) is 13.1. The second-order valence-corrected chi connectivity index (χ2v) is 6.29. The Morgan fingerprint density at radius 2 is 2.00 bits per heavy atom. The van der Waals surface area contributed by atoms with Gasteiger partial charge >= 0.3 is 0 Å². The van der Waals surface area contributed by atoms with Crippen molar-refractivity contribution in [2.75, 3.05) is 7.05 Å². The molecule has 2 aromatic rings. The van der Waals surface area contributed by atoms with Gasteiger partial charge in [-0.3, -0.25) is 0 Å². The summed E-state index contributed by atoms with van der Waals surface area (Å²) < 4.78 is 0. The van der Waals surface area contributed by atoms with Gasteiger partial charge in [0.1, 0.15) is 0 Å². The van der Waals surface area contributed by atoms with E-state index in [1.807, 2.05) is 0 Å². The normalized spacial score (nSPS) is 19.0. The Morgan fingerprint density at radius 1 is 1.14 bits per heavy atom. The Kier molecular flexibility index (Phi) is 4.40. The van der Waals surface area contributed by atoms with Crippen molar-refractivity contribution in [1.82, 2.24) is 5.32 Å². The van der Waals surface area contributed by atoms with Crippen molar-refractivity contribution in [1.29, 1.82) is 0 Å². The van der Waals surface area contributed by atoms with Crippen LogP contribution >= 0.6 is 0 Å². The van der Waals surface area contributed by atoms with Gasteiger partial charge in [0.05, 0.1) is 0 Å². The summed E-state index contributed by atoms with van der Waals surface area (Å²) in [7, 11) is 2.11. The van der Waals surface area contributed by atoms with Gasteiger partial charge in [-0.2, -0.15) is 0 Å². The summed E-state index contributed by atoms with van der Waals surface area (Å²) in [4.78, 5) is 0. The average Bonchev–Trinajstić information content (AvgIpc) is 2.52. The highest BCUT2D eigenvalue weighted by Crippen LogP contribution is 2.34. The molecule has 0 amide bonds. The molecular weight excluding hydrogens is 254 g/mol. The standard InChI is InChI=1S/C20H25N/c1-15-7-5-8-16(13-15)14-20(21-2)19-12-6-10-17-9-3-4-11-18(17)19/h3-5,7-9,11,13,19-21H,6,10,12,14H2,1-2H3. The number of fused-ring (bicyclic) bond motifs is 1. The summed E-state index contributed by atoms with van der Waals surface area (Å²) in [6, 6.07) is 18.5. The van der Waals surface area contributed by atoms with Gasteiger partial charge in [-0.25, -0.2) is 0 Å². The van der Waals surface area contributed by atoms with Crippen LogP contribution in [0.2, 0.25) is 0 Å². The van der Waals surface area contributed by atoms with E-state index in [2.05, 4.69) is 67.8 Å². The van der Waals surface area contributed by atoms with E-state index in [1.54, 1.807) is 11.1 Å². The Balaban J connectivity index is 1.84. The summed E-state index contributed by atoms with van der Waals surface area (Å²) in [6.07, 6.45) is 4.97. The van der Waals surface area contributed by atoms with Crippen LogP contribution in [0.3, 0.4) is 0 Å². The van der Waals surface area contributed by atoms with E-state index in [0.717, 1.165) is 6.42 Å². The molecule has 0 radical (unpaired) electrons. The van der Waals surface area contributed by atoms with Crippen molar-refractivity contribution < 1.29 is 0 Å². The minimum Gasteiger partial charge on any atom is -0.316 e. The van der Waals surface area contributed by atoms with Gasteiger partial charge in [0.2, 0.25) is 0 Å². The molecule has 110 valence electrons. The molecule has 21 heavy (non-hydrogen) atoms. The summed E-state index contributed by atoms with van der Waals surface area (Å²) in [5, 5.41) is 3.58. The van der Waals surface area contributed by atoms with Crippen LogP contribution in [-0.4, -0.2) is 13.1 Å². The minimum absolute atomic E-state index is 0.522. The molecule has 2 unspecified atom stereocenters. The maximum Gasteiger partial charge on any atom is 0.0173 e. The first-order chi connectivity index (χ1) is 10.3. The monoisotopic (exact) mass is 279 g/mol. The van der Waals surface area contributed by atoms with Crippen molar-refractivity contribution in [3.63, 3.8) is 0 Å². The lowest BCUT2D eigenvalue weighted by atomic mass is 9.77. The third kappa shape index (κ3) is 3.19. The van der Waals surface area contributed by atoms with Crippen LogP contribution < -0.4 is 5.32 Å². The third-order valence-corrected chi connectivity index (χ3v) is 4.81. The van der Waals surface area contributed by atoms with Crippen LogP contribution in [-0.2, 0) is 12.8 Å². The predicted octanol–water partition coefficient (Wildman–Crippen LogP) is 4.25. The molecule has 0 saturated carbocycles. The van der Waals surface area contributed by atoms with Gasteiger partial charge in [0, 0.05) is 6.04 Å². The number of rotatable bonds is 4. The second-order valence-electron chi connectivity index (χ2n) is 6.29. The van der Waals surface area contributed by atoms with Crippen molar-refractivity contribution >= 4 is 0 Å². The summed E-state index contributed by atoms with van der Waals surface area (Å²) in [5.41, 5.74) is 5.91. The minimum atomic E-state index is 0.522. The number of hydrogen-bond acceptors (Lipinski definition) is 1. The van der Waals surface area contributed by atoms with Gasteiger partial charge in [-0.15, -0.1) is 0 Å². The van der Waals surface area contributed by atoms with E-state index in [0.29, 0.717) is 12.0 Å². The molecule has 2 atom stereocenters. The smallest absolute Gasteiger partial charge is 0.0173 e. The first-order valence-corrected chi connectivity index (χ1v) is 8.08. The molecule has 0 aromatic heterocycles. The third-order valence-electron chi connectivity index (χ3n) is 4.81. The molecule has 0 bridgehead atoms. The van der Waals surface area contributed by atoms with Crippen molar-refractivity contribution in [2.45, 2.75) is 44.6 Å². The lowest BCUT2D eigenvalue weighted by Gasteiger charge is -2.32. The molecule has 0 saturated heterocycles. The van der Waals surface area contributed by atoms with Crippen LogP contribution in [0, 0.1) is 6.92 Å². The van der Waals surface area contributed by atoms with Crippen LogP contribution in [0.15, 0.2) is 48.5 Å². The largest absolute Gasteiger partial charge is 0.316 e. The average molecular weight is 279 g/mol. The SMILES string of the molecule is CNC(Cc1cccc(C)c1)C1CCCc2ccccc21. The number of hydrogen-bond donors (Lipinski definition) is 1. The fraction of sp³-hybridized carbons (Fsp3) is 0.400. The van der Waals surface area contributed by atoms with Crippen LogP contribution in [0.5, 0.6) is 0 Å². The molecule has 1 aliphatic rings. The lowest BCUT2D eigenvalue weighted by molar-refractivity contribution is 0.411. The van der Waals surface area contributed by atoms with Gasteiger partial charge in [-0.05, 0) is 62.3 Å². The van der Waals surface area contributed by atoms with E-state index in [4.69, 9.17) is 0 Å². The Bertz CT molecular complexity index is 602. The van der Waals surface area contributed by atoms with Crippen LogP contribution in [0.1, 0.15) is 41.0 Å². The van der Waals surface area contributed by atoms with Gasteiger partial charge in [0.15, 0.2) is 0 Å². The molecule has 3 rings (SSSR count). The quantitative estimate of drug-likeness (QED) is 0.882. The highest BCUT2D eigenvalue weighted by Gasteiger charge is 2.26. The van der Waals surface area contributed by atoms with Gasteiger partial charge < -0.3 is 5.32 Å². The Labute approximate surface area is 128 Å². The zero-order chi connectivity index (χ0) is 14.7. The molecule has 0 fully saturated rings. The van der Waals surface area contributed by atoms with E-state index < -0.39 is 0 Å². The van der Waals surface area contributed by atoms with E-state index in [1.165, 1.54) is 30.4 Å². The molecule has 0 heterocycles. The highest BCUT2D eigenvalue weighted by atomic mass is 14.9. The predicted molar refractivity (Wildman–Crippen MR) is 89.9 cm³/mol. The van der Waals surface area contributed by atoms with Crippen molar-refractivity contribution in [3.05, 3.63) is 70.8 Å². The molecule has 1 aliphatic carbocycles. The zero-order valence-electron chi connectivity index (χ0n) is 13.1. The molecule has 2 aromatic carbocycles. The fourth-order valence-corrected chi connectivity index (χ4v) is 3.75. The summed E-state index contributed by atoms with van der Waals surface area (Å²) >= 11 is 0. The lowest BCUT2D eigenvalue weighted by Crippen LogP contribution is -2.36. The van der Waals surface area contributed by atoms with Gasteiger partial charge in [0.25, 0.3) is 0 Å². The molecule has 1 N–H and O–H groups in total. The van der Waals surface area contributed by atoms with Gasteiger partial charge in [-0.1, -0.05) is 54.1 Å². The van der Waals surface area contributed by atoms with E-state index >= 15 is 0 Å². The van der Waals surface area contributed by atoms with Crippen molar-refractivity contribution in [3.8, 4) is 0 Å². The Morgan fingerprint density at radius 3 is 2.81 bits per heavy atom. The highest BCUT2D eigenvalue weighted by molar-refractivity contribution is 5.34. The maximum absolute atomic E-state index is 3.58. The molecule has 0 spiro atoms. The first-order valence-electron chi connectivity index (χ1n) is 8.08. The second kappa shape index (κ2) is 6.44. The number of nitrogens with one attached hydrogen (secondary N) is 1. The molecular formula is C20H25N. The number of likely N-dealkylation sites (N-methyl/N-ethyl adjacent to an activating group) is 1. The summed E-state index contributed by atoms with van der Waals surface area (Å²) in [6.45, 7) is 2.17. The number of aryl methyl sites for hydroxylation is 2. The summed E-state index contributed by atoms with van der Waals surface area (Å²) in [5.74, 6) is 0.639. The van der Waals surface area contributed by atoms with Crippen LogP contribution in [0.4, 0.5) is 0 Å². The van der Waals surface area contributed by atoms with E-state index in [9.17, 15) is 0 Å². The van der Waals surface area contributed by atoms with Crippen molar-refractivity contribution in [2.24, 2.45) is 0 Å². The first kappa shape index (κ1) is 14.3. The van der Waals surface area contributed by atoms with E-state index in [-0.39, 0.29) is 0 Å². The molecule has 0 aliphatic heterocycles. The maximum atomic E-state index is 3.58. The Hall–Kier alpha value is -1.60. The molecule has 1 nitrogen and oxygen atoms in total. The molecule has 1 heteroatoms. The van der Waals surface area contributed by atoms with Crippen LogP contribution in [0.25, 0.3) is 0 Å². The fourth-order valence-electron chi connectivity index (χ4n) is 3.75.